The first-order valence-electron chi connectivity index (χ1n) is 27.3. The van der Waals surface area contributed by atoms with Gasteiger partial charge in [-0.25, -0.2) is 0 Å². The Kier molecular flexibility index (Phi) is 35.8. The fourth-order valence-corrected chi connectivity index (χ4v) is 7.81. The number of ether oxygens (including phenoxy) is 3. The third-order valence-electron chi connectivity index (χ3n) is 12.2. The summed E-state index contributed by atoms with van der Waals surface area (Å²) in [5, 5.41) is 49.0. The second kappa shape index (κ2) is 41.5. The average molecular weight is 1180 g/mol. The zero-order valence-corrected chi connectivity index (χ0v) is 48.5. The highest BCUT2D eigenvalue weighted by atomic mass is 16.5. The first kappa shape index (κ1) is 71.6. The predicted octanol–water partition coefficient (Wildman–Crippen LogP) is -6.24. The van der Waals surface area contributed by atoms with E-state index in [4.69, 9.17) is 19.9 Å². The molecule has 0 aliphatic heterocycles. The molecule has 0 atom stereocenters. The molecule has 0 saturated carbocycles. The molecule has 14 N–H and O–H groups in total. The van der Waals surface area contributed by atoms with Gasteiger partial charge in [0, 0.05) is 149 Å². The molecule has 8 amide bonds. The number of pyridine rings is 2. The van der Waals surface area contributed by atoms with Crippen LogP contribution in [0.25, 0.3) is 0 Å². The highest BCUT2D eigenvalue weighted by Crippen LogP contribution is 2.15. The standard InChI is InChI=1S/C52H88N16O15/c1-37(2)63-32-44(72)58-11-19-66(21-13-60-46(74)34-68-39(4)30-42(48(76)52(68)80)50(78)62-15-26-83-28-27-82-25-7-53)24-23-65(18-10-57-43(71)31-55-35-69)20-12-59-45(73)33-67-38(3)29-41(47(75)51(67)79)49(77)61-14-22-64(16-8-54-36-81-6)17-9-56-40(5)70/h29-30,35,54,63,75-76H,1,7-28,31-34,36,53H2,2-6H3,(H,55,69)(H,56,70)(H,57,71)(H,58,72)(H,59,73)(H,60,74)(H,61,77)(H,62,78). The lowest BCUT2D eigenvalue weighted by molar-refractivity contribution is -0.122. The van der Waals surface area contributed by atoms with Gasteiger partial charge in [0.05, 0.1) is 57.4 Å². The molecule has 0 unspecified atom stereocenters. The molecule has 0 aromatic carbocycles. The van der Waals surface area contributed by atoms with Crippen molar-refractivity contribution in [3.8, 4) is 11.5 Å². The molecule has 2 heterocycles. The first-order chi connectivity index (χ1) is 39.7. The Bertz CT molecular complexity index is 2530. The molecule has 0 aliphatic carbocycles. The van der Waals surface area contributed by atoms with E-state index in [0.717, 1.165) is 9.13 Å². The van der Waals surface area contributed by atoms with Gasteiger partial charge >= 0.3 is 0 Å². The van der Waals surface area contributed by atoms with Gasteiger partial charge in [-0.15, -0.1) is 0 Å². The van der Waals surface area contributed by atoms with Crippen molar-refractivity contribution in [2.45, 2.75) is 40.8 Å². The number of methoxy groups -OCH3 is 1. The number of carbonyl (C=O) groups excluding carboxylic acids is 8. The molecule has 0 spiro atoms. The van der Waals surface area contributed by atoms with Gasteiger partial charge in [0.2, 0.25) is 35.9 Å². The Morgan fingerprint density at radius 1 is 0.566 bits per heavy atom. The van der Waals surface area contributed by atoms with Crippen LogP contribution in [-0.2, 0) is 56.1 Å². The van der Waals surface area contributed by atoms with Gasteiger partial charge in [-0.05, 0) is 32.9 Å². The maximum atomic E-state index is 13.4. The van der Waals surface area contributed by atoms with Gasteiger partial charge in [0.15, 0.2) is 11.5 Å². The number of nitrogens with one attached hydrogen (secondary N) is 10. The SMILES string of the molecule is C=C(C)NCC(=O)NCCN(CCNC(=O)Cn1c(C)cc(C(=O)NCCOCCOCCN)c(O)c1=O)CCN(CCNC(=O)CNC=O)CCNC(=O)Cn1c(C)cc(C(=O)NCCN(CCNCOC)CCNC(C)=O)c(O)c1=O. The van der Waals surface area contributed by atoms with Crippen molar-refractivity contribution >= 4 is 47.8 Å². The summed E-state index contributed by atoms with van der Waals surface area (Å²) in [5.74, 6) is -5.13. The summed E-state index contributed by atoms with van der Waals surface area (Å²) in [6.45, 7) is 15.5. The average Bonchev–Trinajstić information content (AvgIpc) is 3.47. The number of carbonyl (C=O) groups is 8. The number of aromatic nitrogens is 2. The third-order valence-corrected chi connectivity index (χ3v) is 12.2. The largest absolute Gasteiger partial charge is 0.502 e. The number of hydrogen-bond acceptors (Lipinski definition) is 21. The van der Waals surface area contributed by atoms with E-state index < -0.39 is 65.2 Å². The van der Waals surface area contributed by atoms with Crippen LogP contribution in [0.2, 0.25) is 0 Å². The van der Waals surface area contributed by atoms with Crippen molar-refractivity contribution < 1.29 is 62.8 Å². The monoisotopic (exact) mass is 1180 g/mol. The minimum atomic E-state index is -0.953. The maximum Gasteiger partial charge on any atom is 0.294 e. The van der Waals surface area contributed by atoms with Crippen LogP contribution >= 0.6 is 0 Å². The van der Waals surface area contributed by atoms with Crippen molar-refractivity contribution in [1.29, 1.82) is 0 Å². The quantitative estimate of drug-likeness (QED) is 0.0167. The summed E-state index contributed by atoms with van der Waals surface area (Å²) >= 11 is 0. The zero-order chi connectivity index (χ0) is 61.5. The van der Waals surface area contributed by atoms with Crippen LogP contribution in [0.15, 0.2) is 34.0 Å². The molecular weight excluding hydrogens is 1090 g/mol. The van der Waals surface area contributed by atoms with E-state index >= 15 is 0 Å². The Labute approximate surface area is 483 Å². The van der Waals surface area contributed by atoms with E-state index in [2.05, 4.69) is 59.7 Å². The highest BCUT2D eigenvalue weighted by Gasteiger charge is 2.22. The first-order valence-corrected chi connectivity index (χ1v) is 27.3. The molecule has 0 fully saturated rings. The lowest BCUT2D eigenvalue weighted by Gasteiger charge is -2.28. The van der Waals surface area contributed by atoms with Crippen LogP contribution in [0, 0.1) is 13.8 Å². The molecule has 0 saturated heterocycles. The predicted molar refractivity (Wildman–Crippen MR) is 306 cm³/mol. The van der Waals surface area contributed by atoms with E-state index in [1.165, 1.54) is 32.9 Å². The minimum Gasteiger partial charge on any atom is -0.502 e. The van der Waals surface area contributed by atoms with E-state index in [0.29, 0.717) is 91.0 Å². The Balaban J connectivity index is 2.14. The van der Waals surface area contributed by atoms with Gasteiger partial charge in [-0.1, -0.05) is 6.58 Å². The van der Waals surface area contributed by atoms with E-state index in [9.17, 15) is 58.2 Å². The van der Waals surface area contributed by atoms with Crippen molar-refractivity contribution in [1.82, 2.24) is 77.0 Å². The molecule has 2 aromatic heterocycles. The zero-order valence-electron chi connectivity index (χ0n) is 48.5. The van der Waals surface area contributed by atoms with Crippen LogP contribution in [0.5, 0.6) is 11.5 Å². The normalized spacial score (nSPS) is 11.0. The van der Waals surface area contributed by atoms with Gasteiger partial charge in [0.1, 0.15) is 13.1 Å². The van der Waals surface area contributed by atoms with E-state index in [-0.39, 0.29) is 120 Å². The Morgan fingerprint density at radius 2 is 0.976 bits per heavy atom. The van der Waals surface area contributed by atoms with E-state index in [1.54, 1.807) is 14.0 Å². The summed E-state index contributed by atoms with van der Waals surface area (Å²) in [6.07, 6.45) is 0.393. The van der Waals surface area contributed by atoms with Crippen LogP contribution in [0.3, 0.4) is 0 Å². The summed E-state index contributed by atoms with van der Waals surface area (Å²) in [4.78, 5) is 132. The summed E-state index contributed by atoms with van der Waals surface area (Å²) < 4.78 is 17.7. The van der Waals surface area contributed by atoms with Crippen LogP contribution in [-0.4, -0.2) is 253 Å². The molecular formula is C52H88N16O15. The van der Waals surface area contributed by atoms with Crippen molar-refractivity contribution in [2.24, 2.45) is 5.73 Å². The smallest absolute Gasteiger partial charge is 0.294 e. The fourth-order valence-electron chi connectivity index (χ4n) is 7.81. The number of aromatic hydroxyl groups is 2. The summed E-state index contributed by atoms with van der Waals surface area (Å²) in [7, 11) is 1.56. The molecule has 0 aliphatic rings. The number of allylic oxidation sites excluding steroid dienone is 1. The second-order valence-electron chi connectivity index (χ2n) is 18.9. The molecule has 0 bridgehead atoms. The van der Waals surface area contributed by atoms with Crippen LogP contribution < -0.4 is 70.0 Å². The highest BCUT2D eigenvalue weighted by molar-refractivity contribution is 5.97. The number of nitrogens with zero attached hydrogens (tertiary/aromatic N) is 5. The second-order valence-corrected chi connectivity index (χ2v) is 18.9. The van der Waals surface area contributed by atoms with Crippen molar-refractivity contribution in [3.05, 3.63) is 67.6 Å². The van der Waals surface area contributed by atoms with Crippen molar-refractivity contribution in [2.75, 3.05) is 171 Å². The lowest BCUT2D eigenvalue weighted by atomic mass is 10.2. The lowest BCUT2D eigenvalue weighted by Crippen LogP contribution is -2.47. The van der Waals surface area contributed by atoms with Gasteiger partial charge in [-0.3, -0.25) is 68.0 Å². The third kappa shape index (κ3) is 29.9. The maximum absolute atomic E-state index is 13.4. The molecule has 466 valence electrons. The van der Waals surface area contributed by atoms with Crippen LogP contribution in [0.1, 0.15) is 46.0 Å². The van der Waals surface area contributed by atoms with Gasteiger partial charge in [0.25, 0.3) is 22.9 Å². The molecule has 2 rings (SSSR count). The molecule has 2 aromatic rings. The van der Waals surface area contributed by atoms with Crippen molar-refractivity contribution in [3.63, 3.8) is 0 Å². The topological polar surface area (TPSA) is 405 Å². The molecule has 0 radical (unpaired) electrons. The molecule has 83 heavy (non-hydrogen) atoms. The molecule has 31 heteroatoms. The minimum absolute atomic E-state index is 0.00281. The molecule has 31 nitrogen and oxygen atoms in total. The van der Waals surface area contributed by atoms with Gasteiger partial charge in [-0.2, -0.15) is 0 Å². The number of nitrogens with two attached hydrogens (primary N) is 1. The summed E-state index contributed by atoms with van der Waals surface area (Å²) in [6, 6.07) is 2.61. The summed E-state index contributed by atoms with van der Waals surface area (Å²) in [5.41, 5.74) is 4.02. The van der Waals surface area contributed by atoms with E-state index in [1.807, 2.05) is 14.7 Å². The number of hydrogen-bond donors (Lipinski definition) is 13. The Hall–Kier alpha value is -7.52. The number of amides is 8. The Morgan fingerprint density at radius 3 is 1.42 bits per heavy atom. The number of rotatable bonds is 46. The number of aryl methyl sites for hydroxylation is 2. The fraction of sp³-hybridized carbons (Fsp3) is 0.615. The van der Waals surface area contributed by atoms with Crippen LogP contribution in [0.4, 0.5) is 0 Å². The van der Waals surface area contributed by atoms with Gasteiger partial charge < -0.3 is 87.1 Å².